The van der Waals surface area contributed by atoms with Gasteiger partial charge in [-0.05, 0) is 27.3 Å². The lowest BCUT2D eigenvalue weighted by molar-refractivity contribution is -0.125. The van der Waals surface area contributed by atoms with Crippen LogP contribution in [0.4, 0.5) is 0 Å². The Balaban J connectivity index is 3.80. The molecular weight excluding hydrogens is 180 g/mol. The minimum atomic E-state index is -0.370. The quantitative estimate of drug-likeness (QED) is 0.573. The van der Waals surface area contributed by atoms with E-state index in [1.54, 1.807) is 6.92 Å². The van der Waals surface area contributed by atoms with Crippen LogP contribution in [-0.2, 0) is 4.79 Å². The topological polar surface area (TPSA) is 61.4 Å². The zero-order chi connectivity index (χ0) is 11.1. The van der Waals surface area contributed by atoms with Gasteiger partial charge in [-0.2, -0.15) is 0 Å². The molecule has 0 aliphatic heterocycles. The summed E-state index contributed by atoms with van der Waals surface area (Å²) in [6.45, 7) is 6.17. The van der Waals surface area contributed by atoms with Crippen LogP contribution in [0, 0.1) is 5.92 Å². The summed E-state index contributed by atoms with van der Waals surface area (Å²) in [5.41, 5.74) is 0. The van der Waals surface area contributed by atoms with Crippen LogP contribution in [0.2, 0.25) is 0 Å². The number of nitrogens with one attached hydrogen (secondary N) is 2. The smallest absolute Gasteiger partial charge is 0.224 e. The highest BCUT2D eigenvalue weighted by molar-refractivity contribution is 5.78. The Kier molecular flexibility index (Phi) is 6.49. The van der Waals surface area contributed by atoms with Crippen LogP contribution in [-0.4, -0.2) is 36.8 Å². The summed E-state index contributed by atoms with van der Waals surface area (Å²) in [5.74, 6) is 0.00366. The van der Waals surface area contributed by atoms with Crippen LogP contribution in [0.3, 0.4) is 0 Å². The Morgan fingerprint density at radius 3 is 2.36 bits per heavy atom. The van der Waals surface area contributed by atoms with Crippen molar-refractivity contribution in [2.24, 2.45) is 5.92 Å². The van der Waals surface area contributed by atoms with Crippen molar-refractivity contribution in [3.63, 3.8) is 0 Å². The van der Waals surface area contributed by atoms with Gasteiger partial charge in [-0.25, -0.2) is 0 Å². The molecule has 0 heterocycles. The molecule has 0 aromatic carbocycles. The third-order valence-corrected chi connectivity index (χ3v) is 2.04. The van der Waals surface area contributed by atoms with Crippen molar-refractivity contribution >= 4 is 5.91 Å². The minimum Gasteiger partial charge on any atom is -0.393 e. The molecule has 0 saturated heterocycles. The Bertz CT molecular complexity index is 172. The monoisotopic (exact) mass is 202 g/mol. The number of amides is 1. The molecule has 4 heteroatoms. The van der Waals surface area contributed by atoms with Gasteiger partial charge in [-0.1, -0.05) is 6.92 Å². The Morgan fingerprint density at radius 2 is 1.93 bits per heavy atom. The van der Waals surface area contributed by atoms with E-state index >= 15 is 0 Å². The van der Waals surface area contributed by atoms with Gasteiger partial charge in [-0.3, -0.25) is 4.79 Å². The second-order valence-electron chi connectivity index (χ2n) is 3.95. The Labute approximate surface area is 86.1 Å². The van der Waals surface area contributed by atoms with Crippen molar-refractivity contribution in [3.05, 3.63) is 0 Å². The normalized spacial score (nSPS) is 17.2. The van der Waals surface area contributed by atoms with Crippen LogP contribution < -0.4 is 10.6 Å². The van der Waals surface area contributed by atoms with Crippen molar-refractivity contribution in [2.75, 3.05) is 13.6 Å². The summed E-state index contributed by atoms with van der Waals surface area (Å²) in [6.07, 6.45) is 0.225. The number of rotatable bonds is 6. The molecule has 0 fully saturated rings. The molecule has 4 nitrogen and oxygen atoms in total. The van der Waals surface area contributed by atoms with Gasteiger partial charge >= 0.3 is 0 Å². The fourth-order valence-corrected chi connectivity index (χ4v) is 1.35. The second-order valence-corrected chi connectivity index (χ2v) is 3.95. The van der Waals surface area contributed by atoms with Gasteiger partial charge in [0.25, 0.3) is 0 Å². The SMILES string of the molecule is CNCC(C)C(=O)NC(C)CC(C)O. The second kappa shape index (κ2) is 6.79. The van der Waals surface area contributed by atoms with Crippen LogP contribution in [0.15, 0.2) is 0 Å². The van der Waals surface area contributed by atoms with Crippen LogP contribution in [0.1, 0.15) is 27.2 Å². The summed E-state index contributed by atoms with van der Waals surface area (Å²) in [5, 5.41) is 14.9. The molecule has 0 rings (SSSR count). The van der Waals surface area contributed by atoms with E-state index < -0.39 is 0 Å². The van der Waals surface area contributed by atoms with Gasteiger partial charge < -0.3 is 15.7 Å². The zero-order valence-corrected chi connectivity index (χ0v) is 9.50. The number of carbonyl (C=O) groups is 1. The van der Waals surface area contributed by atoms with E-state index in [4.69, 9.17) is 5.11 Å². The minimum absolute atomic E-state index is 0.0295. The van der Waals surface area contributed by atoms with E-state index in [1.807, 2.05) is 20.9 Å². The number of carbonyl (C=O) groups excluding carboxylic acids is 1. The summed E-state index contributed by atoms with van der Waals surface area (Å²) in [4.78, 5) is 11.5. The average Bonchev–Trinajstić information content (AvgIpc) is 2.02. The maximum absolute atomic E-state index is 11.5. The predicted molar refractivity (Wildman–Crippen MR) is 57.0 cm³/mol. The van der Waals surface area contributed by atoms with Crippen LogP contribution in [0.5, 0.6) is 0 Å². The first-order chi connectivity index (χ1) is 6.47. The highest BCUT2D eigenvalue weighted by Crippen LogP contribution is 1.99. The Morgan fingerprint density at radius 1 is 1.36 bits per heavy atom. The lowest BCUT2D eigenvalue weighted by atomic mass is 10.1. The molecule has 84 valence electrons. The van der Waals surface area contributed by atoms with Crippen molar-refractivity contribution in [1.29, 1.82) is 0 Å². The van der Waals surface area contributed by atoms with Crippen molar-refractivity contribution in [3.8, 4) is 0 Å². The molecule has 0 aliphatic rings. The fourth-order valence-electron chi connectivity index (χ4n) is 1.35. The first-order valence-electron chi connectivity index (χ1n) is 5.10. The first-order valence-corrected chi connectivity index (χ1v) is 5.10. The lowest BCUT2D eigenvalue weighted by Gasteiger charge is -2.18. The van der Waals surface area contributed by atoms with Gasteiger partial charge in [0.05, 0.1) is 6.10 Å². The fraction of sp³-hybridized carbons (Fsp3) is 0.900. The molecule has 1 amide bonds. The molecule has 3 unspecified atom stereocenters. The van der Waals surface area contributed by atoms with Crippen molar-refractivity contribution < 1.29 is 9.90 Å². The molecule has 0 saturated carbocycles. The van der Waals surface area contributed by atoms with Crippen molar-refractivity contribution in [2.45, 2.75) is 39.3 Å². The number of aliphatic hydroxyl groups is 1. The standard InChI is InChI=1S/C10H22N2O2/c1-7(6-11-4)10(14)12-8(2)5-9(3)13/h7-9,11,13H,5-6H2,1-4H3,(H,12,14). The van der Waals surface area contributed by atoms with E-state index in [2.05, 4.69) is 10.6 Å². The van der Waals surface area contributed by atoms with Gasteiger partial charge in [0.15, 0.2) is 0 Å². The molecule has 0 aromatic rings. The highest BCUT2D eigenvalue weighted by Gasteiger charge is 2.15. The summed E-state index contributed by atoms with van der Waals surface area (Å²) >= 11 is 0. The maximum Gasteiger partial charge on any atom is 0.224 e. The van der Waals surface area contributed by atoms with E-state index in [0.717, 1.165) is 0 Å². The zero-order valence-electron chi connectivity index (χ0n) is 9.50. The largest absolute Gasteiger partial charge is 0.393 e. The molecular formula is C10H22N2O2. The van der Waals surface area contributed by atoms with E-state index in [9.17, 15) is 4.79 Å². The number of aliphatic hydroxyl groups excluding tert-OH is 1. The van der Waals surface area contributed by atoms with Crippen LogP contribution in [0.25, 0.3) is 0 Å². The van der Waals surface area contributed by atoms with E-state index in [1.165, 1.54) is 0 Å². The van der Waals surface area contributed by atoms with Gasteiger partial charge in [-0.15, -0.1) is 0 Å². The lowest BCUT2D eigenvalue weighted by Crippen LogP contribution is -2.40. The molecule has 0 spiro atoms. The molecule has 0 radical (unpaired) electrons. The van der Waals surface area contributed by atoms with E-state index in [-0.39, 0.29) is 24.0 Å². The van der Waals surface area contributed by atoms with Gasteiger partial charge in [0, 0.05) is 18.5 Å². The van der Waals surface area contributed by atoms with Crippen molar-refractivity contribution in [1.82, 2.24) is 10.6 Å². The third kappa shape index (κ3) is 5.94. The molecule has 14 heavy (non-hydrogen) atoms. The molecule has 3 N–H and O–H groups in total. The van der Waals surface area contributed by atoms with E-state index in [0.29, 0.717) is 13.0 Å². The maximum atomic E-state index is 11.5. The first kappa shape index (κ1) is 13.4. The predicted octanol–water partition coefficient (Wildman–Crippen LogP) is 0.118. The molecule has 0 aromatic heterocycles. The molecule has 0 aliphatic carbocycles. The highest BCUT2D eigenvalue weighted by atomic mass is 16.3. The average molecular weight is 202 g/mol. The summed E-state index contributed by atoms with van der Waals surface area (Å²) in [6, 6.07) is 0.0295. The van der Waals surface area contributed by atoms with Crippen LogP contribution >= 0.6 is 0 Å². The molecule has 0 bridgehead atoms. The number of hydrogen-bond donors (Lipinski definition) is 3. The molecule has 3 atom stereocenters. The summed E-state index contributed by atoms with van der Waals surface area (Å²) in [7, 11) is 1.82. The van der Waals surface area contributed by atoms with Gasteiger partial charge in [0.2, 0.25) is 5.91 Å². The number of hydrogen-bond acceptors (Lipinski definition) is 3. The van der Waals surface area contributed by atoms with Gasteiger partial charge in [0.1, 0.15) is 0 Å². The summed E-state index contributed by atoms with van der Waals surface area (Å²) < 4.78 is 0. The third-order valence-electron chi connectivity index (χ3n) is 2.04. The Hall–Kier alpha value is -0.610.